The monoisotopic (exact) mass is 297 g/mol. The molecule has 0 radical (unpaired) electrons. The molecule has 0 spiro atoms. The zero-order valence-corrected chi connectivity index (χ0v) is 12.6. The molecule has 0 aliphatic carbocycles. The Bertz CT molecular complexity index is 481. The zero-order chi connectivity index (χ0) is 14.5. The first-order valence-corrected chi connectivity index (χ1v) is 7.75. The predicted octanol–water partition coefficient (Wildman–Crippen LogP) is 1.37. The van der Waals surface area contributed by atoms with Crippen LogP contribution < -0.4 is 0 Å². The highest BCUT2D eigenvalue weighted by Gasteiger charge is 2.29. The Morgan fingerprint density at radius 2 is 2.00 bits per heavy atom. The summed E-state index contributed by atoms with van der Waals surface area (Å²) in [5.41, 5.74) is 0. The maximum atomic E-state index is 11.8. The largest absolute Gasteiger partial charge is 0.459 e. The van der Waals surface area contributed by atoms with Gasteiger partial charge >= 0.3 is 11.9 Å². The Balaban J connectivity index is 1.89. The van der Waals surface area contributed by atoms with E-state index in [2.05, 4.69) is 17.1 Å². The number of aromatic nitrogens is 2. The quantitative estimate of drug-likeness (QED) is 0.622. The Hall–Kier alpha value is -1.50. The Morgan fingerprint density at radius 3 is 2.55 bits per heavy atom. The first-order chi connectivity index (χ1) is 9.65. The van der Waals surface area contributed by atoms with Crippen molar-refractivity contribution in [3.8, 4) is 0 Å². The van der Waals surface area contributed by atoms with Gasteiger partial charge in [0.05, 0.1) is 6.61 Å². The molecule has 1 aliphatic rings. The number of piperidine rings is 1. The van der Waals surface area contributed by atoms with Crippen molar-refractivity contribution in [1.82, 2.24) is 15.1 Å². The van der Waals surface area contributed by atoms with Gasteiger partial charge in [-0.2, -0.15) is 0 Å². The molecule has 0 aromatic carbocycles. The molecule has 0 saturated carbocycles. The van der Waals surface area contributed by atoms with Crippen LogP contribution in [0.5, 0.6) is 0 Å². The normalized spacial score (nSPS) is 16.2. The van der Waals surface area contributed by atoms with Crippen LogP contribution >= 0.6 is 11.3 Å². The fourth-order valence-electron chi connectivity index (χ4n) is 2.23. The summed E-state index contributed by atoms with van der Waals surface area (Å²) in [6, 6.07) is 0. The van der Waals surface area contributed by atoms with Gasteiger partial charge in [0.2, 0.25) is 0 Å². The highest BCUT2D eigenvalue weighted by atomic mass is 32.1. The maximum absolute atomic E-state index is 11.8. The van der Waals surface area contributed by atoms with Crippen LogP contribution in [0.2, 0.25) is 0 Å². The van der Waals surface area contributed by atoms with Crippen molar-refractivity contribution in [3.63, 3.8) is 0 Å². The van der Waals surface area contributed by atoms with Crippen LogP contribution in [-0.4, -0.2) is 46.7 Å². The first kappa shape index (κ1) is 14.9. The van der Waals surface area contributed by atoms with E-state index >= 15 is 0 Å². The first-order valence-electron chi connectivity index (χ1n) is 6.94. The summed E-state index contributed by atoms with van der Waals surface area (Å²) in [6.07, 6.45) is 2.55. The summed E-state index contributed by atoms with van der Waals surface area (Å²) in [7, 11) is 0. The van der Waals surface area contributed by atoms with Crippen molar-refractivity contribution in [1.29, 1.82) is 0 Å². The lowest BCUT2D eigenvalue weighted by Gasteiger charge is -2.30. The van der Waals surface area contributed by atoms with Crippen LogP contribution in [0.15, 0.2) is 0 Å². The van der Waals surface area contributed by atoms with Gasteiger partial charge in [0.1, 0.15) is 10.0 Å². The van der Waals surface area contributed by atoms with Crippen LogP contribution in [0.1, 0.15) is 42.6 Å². The van der Waals surface area contributed by atoms with Gasteiger partial charge in [-0.05, 0) is 26.2 Å². The van der Waals surface area contributed by atoms with Gasteiger partial charge in [0.25, 0.3) is 0 Å². The molecule has 2 heterocycles. The van der Waals surface area contributed by atoms with Gasteiger partial charge in [0, 0.05) is 19.0 Å². The zero-order valence-electron chi connectivity index (χ0n) is 11.8. The molecule has 110 valence electrons. The molecule has 1 aromatic heterocycles. The van der Waals surface area contributed by atoms with Gasteiger partial charge in [0.15, 0.2) is 0 Å². The predicted molar refractivity (Wildman–Crippen MR) is 74.5 cm³/mol. The summed E-state index contributed by atoms with van der Waals surface area (Å²) in [4.78, 5) is 24.8. The molecule has 1 aromatic rings. The average molecular weight is 297 g/mol. The number of hydrogen-bond acceptors (Lipinski definition) is 6. The van der Waals surface area contributed by atoms with E-state index in [4.69, 9.17) is 4.74 Å². The van der Waals surface area contributed by atoms with E-state index in [1.54, 1.807) is 23.2 Å². The van der Waals surface area contributed by atoms with Crippen molar-refractivity contribution in [2.24, 2.45) is 0 Å². The summed E-state index contributed by atoms with van der Waals surface area (Å²) in [6.45, 7) is 5.13. The highest BCUT2D eigenvalue weighted by molar-refractivity contribution is 7.11. The van der Waals surface area contributed by atoms with E-state index < -0.39 is 11.9 Å². The van der Waals surface area contributed by atoms with Crippen molar-refractivity contribution >= 4 is 23.2 Å². The van der Waals surface area contributed by atoms with Crippen LogP contribution in [0, 0.1) is 0 Å². The SMILES string of the molecule is CCOC(=O)C(=O)N1CCC(c2nnc(CC)s2)CC1. The van der Waals surface area contributed by atoms with Crippen molar-refractivity contribution in [2.45, 2.75) is 39.0 Å². The number of amides is 1. The third kappa shape index (κ3) is 3.33. The topological polar surface area (TPSA) is 72.4 Å². The second kappa shape index (κ2) is 6.78. The van der Waals surface area contributed by atoms with Crippen LogP contribution in [0.25, 0.3) is 0 Å². The van der Waals surface area contributed by atoms with E-state index in [1.165, 1.54) is 0 Å². The molecule has 0 N–H and O–H groups in total. The summed E-state index contributed by atoms with van der Waals surface area (Å²) < 4.78 is 4.74. The summed E-state index contributed by atoms with van der Waals surface area (Å²) in [5.74, 6) is -0.939. The standard InChI is InChI=1S/C13H19N3O3S/c1-3-10-14-15-11(20-10)9-5-7-16(8-6-9)12(17)13(18)19-4-2/h9H,3-8H2,1-2H3. The minimum absolute atomic E-state index is 0.228. The molecule has 1 fully saturated rings. The molecule has 0 atom stereocenters. The van der Waals surface area contributed by atoms with E-state index in [0.29, 0.717) is 19.0 Å². The van der Waals surface area contributed by atoms with Gasteiger partial charge in [-0.1, -0.05) is 6.92 Å². The fourth-order valence-corrected chi connectivity index (χ4v) is 3.18. The minimum atomic E-state index is -0.755. The number of carbonyl (C=O) groups excluding carboxylic acids is 2. The lowest BCUT2D eigenvalue weighted by atomic mass is 9.97. The van der Waals surface area contributed by atoms with Gasteiger partial charge in [-0.25, -0.2) is 4.79 Å². The molecule has 2 rings (SSSR count). The fraction of sp³-hybridized carbons (Fsp3) is 0.692. The average Bonchev–Trinajstić information content (AvgIpc) is 2.96. The Kier molecular flexibility index (Phi) is 5.05. The smallest absolute Gasteiger partial charge is 0.397 e. The number of esters is 1. The molecule has 0 unspecified atom stereocenters. The van der Waals surface area contributed by atoms with Gasteiger partial charge < -0.3 is 9.64 Å². The molecule has 20 heavy (non-hydrogen) atoms. The van der Waals surface area contributed by atoms with Crippen LogP contribution in [0.4, 0.5) is 0 Å². The second-order valence-electron chi connectivity index (χ2n) is 4.67. The molecular weight excluding hydrogens is 278 g/mol. The van der Waals surface area contributed by atoms with E-state index in [9.17, 15) is 9.59 Å². The lowest BCUT2D eigenvalue weighted by molar-refractivity contribution is -0.160. The summed E-state index contributed by atoms with van der Waals surface area (Å²) in [5, 5.41) is 10.4. The molecule has 1 aliphatic heterocycles. The number of likely N-dealkylation sites (tertiary alicyclic amines) is 1. The highest BCUT2D eigenvalue weighted by Crippen LogP contribution is 2.30. The van der Waals surface area contributed by atoms with Crippen molar-refractivity contribution < 1.29 is 14.3 Å². The van der Waals surface area contributed by atoms with E-state index in [0.717, 1.165) is 29.3 Å². The molecule has 7 heteroatoms. The molecule has 6 nitrogen and oxygen atoms in total. The minimum Gasteiger partial charge on any atom is -0.459 e. The lowest BCUT2D eigenvalue weighted by Crippen LogP contribution is -2.42. The summed E-state index contributed by atoms with van der Waals surface area (Å²) >= 11 is 1.65. The number of hydrogen-bond donors (Lipinski definition) is 0. The molecular formula is C13H19N3O3S. The molecule has 1 saturated heterocycles. The third-order valence-electron chi connectivity index (χ3n) is 3.37. The molecule has 0 bridgehead atoms. The van der Waals surface area contributed by atoms with Gasteiger partial charge in [-0.3, -0.25) is 4.79 Å². The van der Waals surface area contributed by atoms with E-state index in [1.807, 2.05) is 0 Å². The number of carbonyl (C=O) groups is 2. The number of aryl methyl sites for hydroxylation is 1. The van der Waals surface area contributed by atoms with Crippen LogP contribution in [-0.2, 0) is 20.7 Å². The number of nitrogens with zero attached hydrogens (tertiary/aromatic N) is 3. The number of rotatable bonds is 3. The number of ether oxygens (including phenoxy) is 1. The molecule has 1 amide bonds. The van der Waals surface area contributed by atoms with Crippen LogP contribution in [0.3, 0.4) is 0 Å². The maximum Gasteiger partial charge on any atom is 0.397 e. The van der Waals surface area contributed by atoms with Gasteiger partial charge in [-0.15, -0.1) is 21.5 Å². The Labute approximate surface area is 122 Å². The van der Waals surface area contributed by atoms with Crippen molar-refractivity contribution in [2.75, 3.05) is 19.7 Å². The van der Waals surface area contributed by atoms with Crippen molar-refractivity contribution in [3.05, 3.63) is 10.0 Å². The third-order valence-corrected chi connectivity index (χ3v) is 4.60. The van der Waals surface area contributed by atoms with E-state index in [-0.39, 0.29) is 6.61 Å². The Morgan fingerprint density at radius 1 is 1.30 bits per heavy atom. The second-order valence-corrected chi connectivity index (χ2v) is 5.77.